The highest BCUT2D eigenvalue weighted by atomic mass is 16.5. The summed E-state index contributed by atoms with van der Waals surface area (Å²) in [4.78, 5) is 30.2. The number of hydrogen-bond acceptors (Lipinski definition) is 9. The number of methoxy groups -OCH3 is 3. The molecule has 192 valence electrons. The van der Waals surface area contributed by atoms with Gasteiger partial charge in [-0.15, -0.1) is 0 Å². The Bertz CT molecular complexity index is 1120. The first-order chi connectivity index (χ1) is 17.5. The zero-order valence-corrected chi connectivity index (χ0v) is 20.6. The molecule has 1 N–H and O–H groups in total. The second kappa shape index (κ2) is 11.3. The van der Waals surface area contributed by atoms with Crippen LogP contribution in [0.4, 0.5) is 0 Å². The van der Waals surface area contributed by atoms with Crippen LogP contribution >= 0.6 is 0 Å². The highest BCUT2D eigenvalue weighted by Gasteiger charge is 2.43. The molecule has 0 saturated carbocycles. The van der Waals surface area contributed by atoms with E-state index in [1.54, 1.807) is 24.3 Å². The molecule has 2 aromatic rings. The Hall–Kier alpha value is -3.76. The fourth-order valence-corrected chi connectivity index (χ4v) is 4.45. The van der Waals surface area contributed by atoms with Gasteiger partial charge in [-0.05, 0) is 42.0 Å². The fraction of sp³-hybridized carbons (Fsp3) is 0.385. The van der Waals surface area contributed by atoms with Gasteiger partial charge in [-0.2, -0.15) is 0 Å². The van der Waals surface area contributed by atoms with Crippen LogP contribution in [0, 0.1) is 0 Å². The second-order valence-corrected chi connectivity index (χ2v) is 8.29. The minimum atomic E-state index is -0.860. The molecule has 1 aromatic heterocycles. The first-order valence-corrected chi connectivity index (χ1v) is 11.6. The average Bonchev–Trinajstić information content (AvgIpc) is 3.52. The van der Waals surface area contributed by atoms with Gasteiger partial charge in [0.1, 0.15) is 5.76 Å². The highest BCUT2D eigenvalue weighted by molar-refractivity contribution is 6.14. The predicted octanol–water partition coefficient (Wildman–Crippen LogP) is 2.62. The van der Waals surface area contributed by atoms with E-state index >= 15 is 0 Å². The minimum Gasteiger partial charge on any atom is -0.503 e. The van der Waals surface area contributed by atoms with Crippen molar-refractivity contribution < 1.29 is 38.1 Å². The number of carbonyl (C=O) groups is 2. The van der Waals surface area contributed by atoms with E-state index in [1.165, 1.54) is 44.6 Å². The maximum atomic E-state index is 13.3. The summed E-state index contributed by atoms with van der Waals surface area (Å²) in [6.07, 6.45) is 4.27. The Morgan fingerprint density at radius 3 is 2.39 bits per heavy atom. The van der Waals surface area contributed by atoms with Crippen molar-refractivity contribution in [1.82, 2.24) is 9.80 Å². The van der Waals surface area contributed by atoms with Gasteiger partial charge in [-0.1, -0.05) is 0 Å². The van der Waals surface area contributed by atoms with E-state index in [1.807, 2.05) is 0 Å². The van der Waals surface area contributed by atoms with E-state index in [0.29, 0.717) is 54.9 Å². The van der Waals surface area contributed by atoms with Crippen LogP contribution in [0.2, 0.25) is 0 Å². The molecule has 1 aromatic carbocycles. The van der Waals surface area contributed by atoms with Crippen LogP contribution in [0.3, 0.4) is 0 Å². The number of nitrogens with zero attached hydrogens (tertiary/aromatic N) is 2. The van der Waals surface area contributed by atoms with Crippen LogP contribution in [0.15, 0.2) is 52.4 Å². The standard InChI is InChI=1S/C26H30N2O8/c1-32-20-15-17(16-21(33-2)25(20)34-3)23-22(19(29)7-6-18-5-4-12-36-18)24(30)26(31)28(23)9-8-27-10-13-35-14-11-27/h4-7,12,15-16,23,30H,8-11,13-14H2,1-3H3/b7-6+/t23-/m1/s1. The highest BCUT2D eigenvalue weighted by Crippen LogP contribution is 2.45. The van der Waals surface area contributed by atoms with Gasteiger partial charge >= 0.3 is 0 Å². The molecule has 0 radical (unpaired) electrons. The first-order valence-electron chi connectivity index (χ1n) is 11.6. The lowest BCUT2D eigenvalue weighted by Gasteiger charge is -2.32. The smallest absolute Gasteiger partial charge is 0.290 e. The van der Waals surface area contributed by atoms with Crippen LogP contribution in [0.1, 0.15) is 17.4 Å². The van der Waals surface area contributed by atoms with Crippen molar-refractivity contribution in [3.63, 3.8) is 0 Å². The monoisotopic (exact) mass is 498 g/mol. The van der Waals surface area contributed by atoms with E-state index in [4.69, 9.17) is 23.4 Å². The number of rotatable bonds is 10. The minimum absolute atomic E-state index is 0.0287. The summed E-state index contributed by atoms with van der Waals surface area (Å²) in [6, 6.07) is 5.91. The van der Waals surface area contributed by atoms with Gasteiger partial charge in [0.05, 0.1) is 52.4 Å². The van der Waals surface area contributed by atoms with E-state index in [9.17, 15) is 14.7 Å². The molecular weight excluding hydrogens is 468 g/mol. The number of aliphatic hydroxyl groups excluding tert-OH is 1. The number of carbonyl (C=O) groups excluding carboxylic acids is 2. The van der Waals surface area contributed by atoms with E-state index in [0.717, 1.165) is 13.1 Å². The van der Waals surface area contributed by atoms with Crippen molar-refractivity contribution >= 4 is 17.8 Å². The zero-order chi connectivity index (χ0) is 25.7. The Morgan fingerprint density at radius 2 is 1.81 bits per heavy atom. The lowest BCUT2D eigenvalue weighted by Crippen LogP contribution is -2.43. The number of benzene rings is 1. The molecule has 2 aliphatic rings. The number of furan rings is 1. The molecule has 3 heterocycles. The summed E-state index contributed by atoms with van der Waals surface area (Å²) in [5, 5.41) is 10.9. The summed E-state index contributed by atoms with van der Waals surface area (Å²) >= 11 is 0. The van der Waals surface area contributed by atoms with Gasteiger partial charge in [0.25, 0.3) is 5.91 Å². The van der Waals surface area contributed by atoms with Crippen LogP contribution in [0.5, 0.6) is 17.2 Å². The second-order valence-electron chi connectivity index (χ2n) is 8.29. The fourth-order valence-electron chi connectivity index (χ4n) is 4.45. The maximum absolute atomic E-state index is 13.3. The van der Waals surface area contributed by atoms with Crippen molar-refractivity contribution in [2.45, 2.75) is 6.04 Å². The maximum Gasteiger partial charge on any atom is 0.290 e. The Kier molecular flexibility index (Phi) is 7.97. The average molecular weight is 499 g/mol. The molecule has 0 spiro atoms. The van der Waals surface area contributed by atoms with Crippen molar-refractivity contribution in [2.75, 3.05) is 60.7 Å². The molecule has 0 bridgehead atoms. The normalized spacial score (nSPS) is 18.8. The zero-order valence-electron chi connectivity index (χ0n) is 20.6. The molecule has 4 rings (SSSR count). The number of amides is 1. The summed E-state index contributed by atoms with van der Waals surface area (Å²) in [7, 11) is 4.47. The number of hydrogen-bond donors (Lipinski definition) is 1. The molecule has 2 aliphatic heterocycles. The third kappa shape index (κ3) is 5.09. The van der Waals surface area contributed by atoms with E-state index in [-0.39, 0.29) is 5.57 Å². The topological polar surface area (TPSA) is 111 Å². The van der Waals surface area contributed by atoms with E-state index < -0.39 is 23.5 Å². The molecule has 1 atom stereocenters. The molecule has 0 aliphatic carbocycles. The molecule has 0 unspecified atom stereocenters. The van der Waals surface area contributed by atoms with Crippen molar-refractivity contribution in [3.8, 4) is 17.2 Å². The van der Waals surface area contributed by atoms with Crippen LogP contribution < -0.4 is 14.2 Å². The number of aliphatic hydroxyl groups is 1. The predicted molar refractivity (Wildman–Crippen MR) is 130 cm³/mol. The Balaban J connectivity index is 1.73. The molecule has 1 fully saturated rings. The van der Waals surface area contributed by atoms with Crippen molar-refractivity contribution in [2.24, 2.45) is 0 Å². The van der Waals surface area contributed by atoms with Gasteiger partial charge in [0.15, 0.2) is 23.0 Å². The molecule has 36 heavy (non-hydrogen) atoms. The van der Waals surface area contributed by atoms with Crippen molar-refractivity contribution in [3.05, 3.63) is 59.3 Å². The Morgan fingerprint density at radius 1 is 1.11 bits per heavy atom. The third-order valence-electron chi connectivity index (χ3n) is 6.27. The number of ether oxygens (including phenoxy) is 4. The molecular formula is C26H30N2O8. The van der Waals surface area contributed by atoms with Gasteiger partial charge in [0.2, 0.25) is 5.75 Å². The molecule has 1 saturated heterocycles. The quantitative estimate of drug-likeness (QED) is 0.494. The number of morpholine rings is 1. The van der Waals surface area contributed by atoms with Gasteiger partial charge in [-0.25, -0.2) is 0 Å². The van der Waals surface area contributed by atoms with E-state index in [2.05, 4.69) is 4.90 Å². The van der Waals surface area contributed by atoms with Gasteiger partial charge in [0, 0.05) is 26.2 Å². The summed E-state index contributed by atoms with van der Waals surface area (Å²) in [5.74, 6) is -0.104. The molecule has 10 nitrogen and oxygen atoms in total. The largest absolute Gasteiger partial charge is 0.503 e. The molecule has 10 heteroatoms. The number of ketones is 1. The first kappa shape index (κ1) is 25.3. The Labute approximate surface area is 209 Å². The summed E-state index contributed by atoms with van der Waals surface area (Å²) in [6.45, 7) is 3.59. The number of allylic oxidation sites excluding steroid dienone is 1. The summed E-state index contributed by atoms with van der Waals surface area (Å²) < 4.78 is 27.1. The van der Waals surface area contributed by atoms with Gasteiger partial charge in [-0.3, -0.25) is 14.5 Å². The molecule has 1 amide bonds. The SMILES string of the molecule is COc1cc([C@@H]2C(C(=O)/C=C/c3ccco3)=C(O)C(=O)N2CCN2CCOCC2)cc(OC)c1OC. The third-order valence-corrected chi connectivity index (χ3v) is 6.27. The lowest BCUT2D eigenvalue weighted by atomic mass is 9.95. The lowest BCUT2D eigenvalue weighted by molar-refractivity contribution is -0.129. The van der Waals surface area contributed by atoms with Crippen LogP contribution in [-0.2, 0) is 14.3 Å². The van der Waals surface area contributed by atoms with Crippen LogP contribution in [-0.4, -0.2) is 87.3 Å². The van der Waals surface area contributed by atoms with Gasteiger partial charge < -0.3 is 33.4 Å². The van der Waals surface area contributed by atoms with Crippen LogP contribution in [0.25, 0.3) is 6.08 Å². The van der Waals surface area contributed by atoms with Crippen molar-refractivity contribution in [1.29, 1.82) is 0 Å². The summed E-state index contributed by atoms with van der Waals surface area (Å²) in [5.41, 5.74) is 0.512.